The average Bonchev–Trinajstić information content (AvgIpc) is 2.47. The van der Waals surface area contributed by atoms with Crippen LogP contribution in [0.1, 0.15) is 15.9 Å². The lowest BCUT2D eigenvalue weighted by Gasteiger charge is -2.11. The molecule has 2 rings (SSSR count). The number of ether oxygens (including phenoxy) is 1. The molecule has 124 valence electrons. The zero-order valence-electron chi connectivity index (χ0n) is 11.6. The quantitative estimate of drug-likeness (QED) is 0.226. The molecule has 0 radical (unpaired) electrons. The van der Waals surface area contributed by atoms with Gasteiger partial charge in [-0.05, 0) is 46.3 Å². The van der Waals surface area contributed by atoms with E-state index in [-0.39, 0.29) is 16.3 Å². The first-order chi connectivity index (χ1) is 11.3. The number of hydrogen-bond acceptors (Lipinski definition) is 4. The van der Waals surface area contributed by atoms with Crippen molar-refractivity contribution >= 4 is 67.1 Å². The first-order valence-electron chi connectivity index (χ1n) is 6.26. The predicted molar refractivity (Wildman–Crippen MR) is 99.3 cm³/mol. The molecule has 0 bridgehead atoms. The highest BCUT2D eigenvalue weighted by atomic mass is 79.9. The summed E-state index contributed by atoms with van der Waals surface area (Å²) < 4.78 is 6.46. The maximum atomic E-state index is 12.3. The molecule has 9 heteroatoms. The van der Waals surface area contributed by atoms with E-state index >= 15 is 0 Å². The molecule has 0 heterocycles. The van der Waals surface area contributed by atoms with Crippen molar-refractivity contribution < 1.29 is 14.5 Å². The monoisotopic (exact) mass is 493 g/mol. The van der Waals surface area contributed by atoms with Crippen molar-refractivity contribution in [2.24, 2.45) is 0 Å². The summed E-state index contributed by atoms with van der Waals surface area (Å²) in [7, 11) is 0. The highest BCUT2D eigenvalue weighted by molar-refractivity contribution is 9.11. The number of hydrogen-bond donors (Lipinski definition) is 0. The van der Waals surface area contributed by atoms with E-state index < -0.39 is 10.9 Å². The van der Waals surface area contributed by atoms with Gasteiger partial charge >= 0.3 is 5.97 Å². The number of esters is 1. The standard InChI is InChI=1S/C15H7Br2Cl2NO4/c16-9-5-8(3-4-20(22)23)14(12(17)6-9)24-15(21)11-2-1-10(18)7-13(11)19/h1-7H. The van der Waals surface area contributed by atoms with Crippen LogP contribution in [0.3, 0.4) is 0 Å². The normalized spacial score (nSPS) is 10.8. The van der Waals surface area contributed by atoms with E-state index in [9.17, 15) is 14.9 Å². The molecule has 0 fully saturated rings. The van der Waals surface area contributed by atoms with Crippen molar-refractivity contribution in [3.63, 3.8) is 0 Å². The minimum atomic E-state index is -0.713. The Labute approximate surface area is 163 Å². The summed E-state index contributed by atoms with van der Waals surface area (Å²) >= 11 is 18.3. The molecule has 2 aromatic carbocycles. The summed E-state index contributed by atoms with van der Waals surface area (Å²) in [6.45, 7) is 0. The molecule has 0 N–H and O–H groups in total. The first-order valence-corrected chi connectivity index (χ1v) is 8.60. The van der Waals surface area contributed by atoms with Crippen molar-refractivity contribution in [2.45, 2.75) is 0 Å². The Hall–Kier alpha value is -1.41. The highest BCUT2D eigenvalue weighted by Gasteiger charge is 2.17. The van der Waals surface area contributed by atoms with E-state index in [0.29, 0.717) is 19.5 Å². The van der Waals surface area contributed by atoms with E-state index in [1.54, 1.807) is 12.1 Å². The zero-order chi connectivity index (χ0) is 17.9. The van der Waals surface area contributed by atoms with Gasteiger partial charge in [0.15, 0.2) is 5.75 Å². The van der Waals surface area contributed by atoms with Crippen LogP contribution < -0.4 is 4.74 Å². The van der Waals surface area contributed by atoms with Gasteiger partial charge < -0.3 is 4.74 Å². The Kier molecular flexibility index (Phi) is 6.40. The average molecular weight is 496 g/mol. The van der Waals surface area contributed by atoms with Crippen molar-refractivity contribution in [1.29, 1.82) is 0 Å². The van der Waals surface area contributed by atoms with Gasteiger partial charge in [0.1, 0.15) is 0 Å². The van der Waals surface area contributed by atoms with Crippen LogP contribution in [0.15, 0.2) is 45.5 Å². The Balaban J connectivity index is 2.41. The second-order valence-electron chi connectivity index (χ2n) is 4.42. The third-order valence-electron chi connectivity index (χ3n) is 2.76. The zero-order valence-corrected chi connectivity index (χ0v) is 16.3. The van der Waals surface area contributed by atoms with Gasteiger partial charge in [0.2, 0.25) is 6.20 Å². The number of nitro groups is 1. The van der Waals surface area contributed by atoms with Gasteiger partial charge in [-0.2, -0.15) is 0 Å². The second-order valence-corrected chi connectivity index (χ2v) is 7.03. The molecule has 0 spiro atoms. The minimum Gasteiger partial charge on any atom is -0.421 e. The molecule has 0 aromatic heterocycles. The van der Waals surface area contributed by atoms with Crippen LogP contribution in [-0.2, 0) is 0 Å². The van der Waals surface area contributed by atoms with E-state index in [0.717, 1.165) is 6.20 Å². The number of carbonyl (C=O) groups is 1. The predicted octanol–water partition coefficient (Wildman–Crippen LogP) is 5.99. The third kappa shape index (κ3) is 4.80. The fourth-order valence-corrected chi connectivity index (χ4v) is 3.58. The summed E-state index contributed by atoms with van der Waals surface area (Å²) in [6, 6.07) is 7.59. The molecular weight excluding hydrogens is 489 g/mol. The lowest BCUT2D eigenvalue weighted by atomic mass is 10.2. The molecule has 0 amide bonds. The summed E-state index contributed by atoms with van der Waals surface area (Å²) in [6.07, 6.45) is 1.97. The molecule has 0 saturated carbocycles. The molecule has 0 unspecified atom stereocenters. The molecule has 0 aliphatic heterocycles. The van der Waals surface area contributed by atoms with Gasteiger partial charge in [-0.15, -0.1) is 0 Å². The van der Waals surface area contributed by atoms with Gasteiger partial charge in [-0.3, -0.25) is 10.1 Å². The van der Waals surface area contributed by atoms with Crippen LogP contribution in [0.4, 0.5) is 0 Å². The highest BCUT2D eigenvalue weighted by Crippen LogP contribution is 2.35. The molecule has 0 aliphatic carbocycles. The van der Waals surface area contributed by atoms with Crippen LogP contribution in [0, 0.1) is 10.1 Å². The Morgan fingerprint density at radius 1 is 1.21 bits per heavy atom. The second kappa shape index (κ2) is 8.11. The van der Waals surface area contributed by atoms with Crippen molar-refractivity contribution in [2.75, 3.05) is 0 Å². The summed E-state index contributed by atoms with van der Waals surface area (Å²) in [5.74, 6) is -0.581. The van der Waals surface area contributed by atoms with Gasteiger partial charge in [0.05, 0.1) is 20.0 Å². The fraction of sp³-hybridized carbons (Fsp3) is 0. The van der Waals surface area contributed by atoms with Crippen molar-refractivity contribution in [3.8, 4) is 5.75 Å². The summed E-state index contributed by atoms with van der Waals surface area (Å²) in [5.41, 5.74) is 0.464. The molecule has 24 heavy (non-hydrogen) atoms. The number of benzene rings is 2. The number of nitrogens with zero attached hydrogens (tertiary/aromatic N) is 1. The Morgan fingerprint density at radius 2 is 1.92 bits per heavy atom. The lowest BCUT2D eigenvalue weighted by Crippen LogP contribution is -2.10. The topological polar surface area (TPSA) is 69.4 Å². The van der Waals surface area contributed by atoms with Crippen LogP contribution in [-0.4, -0.2) is 10.9 Å². The van der Waals surface area contributed by atoms with Crippen LogP contribution in [0.2, 0.25) is 10.0 Å². The summed E-state index contributed by atoms with van der Waals surface area (Å²) in [4.78, 5) is 22.3. The van der Waals surface area contributed by atoms with Crippen molar-refractivity contribution in [1.82, 2.24) is 0 Å². The van der Waals surface area contributed by atoms with Gasteiger partial charge in [-0.25, -0.2) is 4.79 Å². The van der Waals surface area contributed by atoms with Gasteiger partial charge in [0, 0.05) is 21.1 Å². The van der Waals surface area contributed by atoms with E-state index in [2.05, 4.69) is 31.9 Å². The molecule has 5 nitrogen and oxygen atoms in total. The molecular formula is C15H7Br2Cl2NO4. The van der Waals surface area contributed by atoms with Crippen molar-refractivity contribution in [3.05, 3.63) is 76.8 Å². The maximum absolute atomic E-state index is 12.3. The van der Waals surface area contributed by atoms with Crippen LogP contribution in [0.5, 0.6) is 5.75 Å². The largest absolute Gasteiger partial charge is 0.421 e. The smallest absolute Gasteiger partial charge is 0.345 e. The van der Waals surface area contributed by atoms with Gasteiger partial charge in [0.25, 0.3) is 0 Å². The molecule has 2 aromatic rings. The van der Waals surface area contributed by atoms with E-state index in [1.807, 2.05) is 0 Å². The molecule has 0 saturated heterocycles. The fourth-order valence-electron chi connectivity index (χ4n) is 1.76. The Bertz CT molecular complexity index is 856. The summed E-state index contributed by atoms with van der Waals surface area (Å²) in [5, 5.41) is 11.1. The van der Waals surface area contributed by atoms with Crippen LogP contribution >= 0.6 is 55.1 Å². The molecule has 0 atom stereocenters. The number of rotatable bonds is 4. The van der Waals surface area contributed by atoms with Gasteiger partial charge in [-0.1, -0.05) is 39.1 Å². The third-order valence-corrected chi connectivity index (χ3v) is 4.35. The lowest BCUT2D eigenvalue weighted by molar-refractivity contribution is -0.400. The van der Waals surface area contributed by atoms with E-state index in [4.69, 9.17) is 27.9 Å². The van der Waals surface area contributed by atoms with E-state index in [1.165, 1.54) is 24.3 Å². The van der Waals surface area contributed by atoms with Crippen LogP contribution in [0.25, 0.3) is 6.08 Å². The SMILES string of the molecule is O=C(Oc1c(Br)cc(Br)cc1C=C[N+](=O)[O-])c1ccc(Cl)cc1Cl. The molecule has 0 aliphatic rings. The number of halogens is 4. The Morgan fingerprint density at radius 3 is 2.54 bits per heavy atom. The number of carbonyl (C=O) groups excluding carboxylic acids is 1. The minimum absolute atomic E-state index is 0.125. The first kappa shape index (κ1) is 18.9. The maximum Gasteiger partial charge on any atom is 0.345 e.